The van der Waals surface area contributed by atoms with Crippen LogP contribution in [-0.2, 0) is 0 Å². The normalized spacial score (nSPS) is 12.0. The highest BCUT2D eigenvalue weighted by atomic mass is 16.3. The summed E-state index contributed by atoms with van der Waals surface area (Å²) in [7, 11) is 0. The van der Waals surface area contributed by atoms with Crippen molar-refractivity contribution in [1.82, 2.24) is 9.97 Å². The van der Waals surface area contributed by atoms with Gasteiger partial charge in [0.1, 0.15) is 11.3 Å². The van der Waals surface area contributed by atoms with E-state index < -0.39 is 0 Å². The molecule has 0 aliphatic heterocycles. The second-order valence-corrected chi connectivity index (χ2v) is 14.5. The molecule has 0 bridgehead atoms. The van der Waals surface area contributed by atoms with E-state index in [9.17, 15) is 0 Å². The topological polar surface area (TPSA) is 38.9 Å². The second-order valence-electron chi connectivity index (χ2n) is 14.5. The van der Waals surface area contributed by atoms with Gasteiger partial charge in [-0.25, -0.2) is 9.97 Å². The van der Waals surface area contributed by atoms with Crippen molar-refractivity contribution in [1.29, 1.82) is 0 Å². The lowest BCUT2D eigenvalue weighted by molar-refractivity contribution is 0.628. The van der Waals surface area contributed by atoms with Gasteiger partial charge in [-0.05, 0) is 106 Å². The summed E-state index contributed by atoms with van der Waals surface area (Å²) < 4.78 is 6.43. The van der Waals surface area contributed by atoms with Crippen LogP contribution in [0.3, 0.4) is 0 Å². The Morgan fingerprint density at radius 3 is 1.51 bits per heavy atom. The Bertz CT molecular complexity index is 3430. The Balaban J connectivity index is 1.17. The third-order valence-electron chi connectivity index (χ3n) is 11.4. The lowest BCUT2D eigenvalue weighted by Crippen LogP contribution is -1.96. The molecule has 0 aliphatic rings. The van der Waals surface area contributed by atoms with Gasteiger partial charge in [-0.15, -0.1) is 0 Å². The molecule has 12 rings (SSSR count). The molecule has 0 radical (unpaired) electrons. The molecule has 10 aromatic carbocycles. The number of hydrogen-bond donors (Lipinski definition) is 0. The smallest absolute Gasteiger partial charge is 0.160 e. The molecule has 254 valence electrons. The van der Waals surface area contributed by atoms with Gasteiger partial charge in [-0.3, -0.25) is 0 Å². The molecule has 0 saturated heterocycles. The molecule has 0 N–H and O–H groups in total. The summed E-state index contributed by atoms with van der Waals surface area (Å²) in [4.78, 5) is 10.5. The lowest BCUT2D eigenvalue weighted by atomic mass is 9.87. The van der Waals surface area contributed by atoms with Crippen LogP contribution in [0.2, 0.25) is 0 Å². The minimum absolute atomic E-state index is 0.650. The van der Waals surface area contributed by atoms with Crippen molar-refractivity contribution in [3.05, 3.63) is 182 Å². The summed E-state index contributed by atoms with van der Waals surface area (Å²) >= 11 is 0. The van der Waals surface area contributed by atoms with Gasteiger partial charge >= 0.3 is 0 Å². The fraction of sp³-hybridized carbons (Fsp3) is 0. The molecule has 2 aromatic heterocycles. The van der Waals surface area contributed by atoms with E-state index in [0.29, 0.717) is 11.6 Å². The molecule has 0 unspecified atom stereocenters. The number of hydrogen-bond acceptors (Lipinski definition) is 3. The van der Waals surface area contributed by atoms with E-state index >= 15 is 0 Å². The van der Waals surface area contributed by atoms with Crippen molar-refractivity contribution in [3.63, 3.8) is 0 Å². The predicted molar refractivity (Wildman–Crippen MR) is 230 cm³/mol. The summed E-state index contributed by atoms with van der Waals surface area (Å²) in [6, 6.07) is 65.2. The van der Waals surface area contributed by atoms with Crippen LogP contribution in [0.5, 0.6) is 0 Å². The number of benzene rings is 9. The van der Waals surface area contributed by atoms with Crippen molar-refractivity contribution in [2.45, 2.75) is 0 Å². The van der Waals surface area contributed by atoms with Crippen LogP contribution in [-0.4, -0.2) is 9.97 Å². The first-order valence-corrected chi connectivity index (χ1v) is 18.7. The van der Waals surface area contributed by atoms with Crippen molar-refractivity contribution < 1.29 is 4.42 Å². The van der Waals surface area contributed by atoms with Crippen molar-refractivity contribution in [2.24, 2.45) is 0 Å². The minimum atomic E-state index is 0.650. The third-order valence-corrected chi connectivity index (χ3v) is 11.4. The molecule has 55 heavy (non-hydrogen) atoms. The maximum absolute atomic E-state index is 6.43. The van der Waals surface area contributed by atoms with E-state index in [1.54, 1.807) is 0 Å². The predicted octanol–water partition coefficient (Wildman–Crippen LogP) is 14.2. The fourth-order valence-electron chi connectivity index (χ4n) is 8.83. The number of nitrogens with zero attached hydrogens (tertiary/aromatic N) is 2. The van der Waals surface area contributed by atoms with E-state index in [2.05, 4.69) is 158 Å². The molecule has 0 saturated carbocycles. The Morgan fingerprint density at radius 1 is 0.309 bits per heavy atom. The van der Waals surface area contributed by atoms with Gasteiger partial charge in [-0.1, -0.05) is 152 Å². The minimum Gasteiger partial charge on any atom is -0.454 e. The van der Waals surface area contributed by atoms with Gasteiger partial charge in [0.25, 0.3) is 0 Å². The largest absolute Gasteiger partial charge is 0.454 e. The molecule has 12 aromatic rings. The van der Waals surface area contributed by atoms with Gasteiger partial charge in [0, 0.05) is 16.5 Å². The van der Waals surface area contributed by atoms with Crippen molar-refractivity contribution >= 4 is 75.6 Å². The fourth-order valence-corrected chi connectivity index (χ4v) is 8.83. The first-order valence-electron chi connectivity index (χ1n) is 18.7. The highest BCUT2D eigenvalue weighted by Gasteiger charge is 2.19. The molecule has 0 aliphatic carbocycles. The Labute approximate surface area is 316 Å². The molecule has 0 spiro atoms. The number of aromatic nitrogens is 2. The molecule has 0 amide bonds. The SMILES string of the molecule is c1ccc(-c2ccc(-c3nc(-c4cc5ccc6cccc7c8cccc9ccc%10cccc(c(c4)c5c67)c%10c98)cc(-c4cc5ccccc5o4)n3)cc2)cc1. The summed E-state index contributed by atoms with van der Waals surface area (Å²) in [6.45, 7) is 0. The van der Waals surface area contributed by atoms with Crippen LogP contribution in [0, 0.1) is 0 Å². The van der Waals surface area contributed by atoms with Crippen LogP contribution in [0.15, 0.2) is 186 Å². The molecule has 3 heteroatoms. The van der Waals surface area contributed by atoms with Gasteiger partial charge in [-0.2, -0.15) is 0 Å². The highest BCUT2D eigenvalue weighted by Crippen LogP contribution is 2.44. The van der Waals surface area contributed by atoms with Crippen LogP contribution < -0.4 is 0 Å². The maximum atomic E-state index is 6.43. The number of para-hydroxylation sites is 1. The summed E-state index contributed by atoms with van der Waals surface area (Å²) in [5.74, 6) is 1.36. The average molecular weight is 699 g/mol. The molecule has 3 nitrogen and oxygen atoms in total. The standard InChI is InChI=1S/C52H30N2O/c1-2-9-31(10-3-1)32-19-24-36(25-20-32)52-53-44(30-45(54-52)47-29-37-11-4-5-18-46(37)55-47)39-27-38-26-23-35-13-7-16-41-40-15-6-12-33-21-22-34-14-8-17-42(50(34)48(33)40)43(28-39)51(38)49(35)41/h1-30H. The van der Waals surface area contributed by atoms with Gasteiger partial charge in [0.2, 0.25) is 0 Å². The van der Waals surface area contributed by atoms with Gasteiger partial charge < -0.3 is 4.42 Å². The van der Waals surface area contributed by atoms with Crippen LogP contribution in [0.1, 0.15) is 0 Å². The quantitative estimate of drug-likeness (QED) is 0.172. The average Bonchev–Trinajstić information content (AvgIpc) is 3.70. The molecule has 0 fully saturated rings. The van der Waals surface area contributed by atoms with Crippen LogP contribution in [0.25, 0.3) is 121 Å². The molecule has 0 atom stereocenters. The number of fused-ring (bicyclic) bond motifs is 3. The Morgan fingerprint density at radius 2 is 0.836 bits per heavy atom. The summed E-state index contributed by atoms with van der Waals surface area (Å²) in [6.07, 6.45) is 0. The van der Waals surface area contributed by atoms with Crippen LogP contribution in [0.4, 0.5) is 0 Å². The summed E-state index contributed by atoms with van der Waals surface area (Å²) in [5, 5.41) is 16.0. The second kappa shape index (κ2) is 11.6. The van der Waals surface area contributed by atoms with Crippen molar-refractivity contribution in [2.75, 3.05) is 0 Å². The molecular weight excluding hydrogens is 669 g/mol. The van der Waals surface area contributed by atoms with E-state index in [1.807, 2.05) is 24.3 Å². The molecule has 2 heterocycles. The van der Waals surface area contributed by atoms with E-state index in [4.69, 9.17) is 14.4 Å². The highest BCUT2D eigenvalue weighted by molar-refractivity contribution is 6.37. The number of rotatable bonds is 4. The third kappa shape index (κ3) is 4.63. The lowest BCUT2D eigenvalue weighted by Gasteiger charge is -2.17. The maximum Gasteiger partial charge on any atom is 0.160 e. The zero-order valence-electron chi connectivity index (χ0n) is 29.6. The van der Waals surface area contributed by atoms with E-state index in [1.165, 1.54) is 70.2 Å². The van der Waals surface area contributed by atoms with E-state index in [-0.39, 0.29) is 0 Å². The monoisotopic (exact) mass is 698 g/mol. The number of furan rings is 1. The first-order chi connectivity index (χ1) is 27.2. The van der Waals surface area contributed by atoms with Gasteiger partial charge in [0.15, 0.2) is 11.6 Å². The zero-order chi connectivity index (χ0) is 36.0. The zero-order valence-corrected chi connectivity index (χ0v) is 29.6. The Hall–Kier alpha value is -7.36. The van der Waals surface area contributed by atoms with Crippen LogP contribution >= 0.6 is 0 Å². The van der Waals surface area contributed by atoms with Gasteiger partial charge in [0.05, 0.1) is 5.69 Å². The van der Waals surface area contributed by atoms with Crippen molar-refractivity contribution in [3.8, 4) is 45.2 Å². The Kier molecular flexibility index (Phi) is 6.34. The summed E-state index contributed by atoms with van der Waals surface area (Å²) in [5.41, 5.74) is 6.71. The molecular formula is C52H30N2O. The first kappa shape index (κ1) is 30.1. The van der Waals surface area contributed by atoms with E-state index in [0.717, 1.165) is 39.0 Å².